The standard InChI is InChI=1S/C25H31ClN4O2S.ClH/c1-2-17-33-23-8-4-3-7-22(23)29-15-13-28(14-16-29)11-5-6-12-30-24(31)20-10-9-19(26)18-21(20)27-25(30)32;/h3-4,7-10,18H,2,5-6,11-17H2,1H3,(H,27,32);1H. The summed E-state index contributed by atoms with van der Waals surface area (Å²) in [4.78, 5) is 34.2. The van der Waals surface area contributed by atoms with Crippen molar-refractivity contribution in [2.45, 2.75) is 37.6 Å². The van der Waals surface area contributed by atoms with Gasteiger partial charge in [0.25, 0.3) is 5.56 Å². The summed E-state index contributed by atoms with van der Waals surface area (Å²) in [5.41, 5.74) is 1.22. The van der Waals surface area contributed by atoms with Gasteiger partial charge in [-0.05, 0) is 61.9 Å². The van der Waals surface area contributed by atoms with Gasteiger partial charge in [-0.25, -0.2) is 4.79 Å². The molecule has 0 aliphatic carbocycles. The number of unbranched alkanes of at least 4 members (excludes halogenated alkanes) is 1. The molecule has 2 aromatic carbocycles. The van der Waals surface area contributed by atoms with E-state index >= 15 is 0 Å². The van der Waals surface area contributed by atoms with Gasteiger partial charge in [0.05, 0.1) is 16.6 Å². The Morgan fingerprint density at radius 3 is 2.50 bits per heavy atom. The molecule has 0 atom stereocenters. The number of hydrogen-bond acceptors (Lipinski definition) is 5. The van der Waals surface area contributed by atoms with E-state index in [0.717, 1.165) is 51.3 Å². The summed E-state index contributed by atoms with van der Waals surface area (Å²) in [6.45, 7) is 7.74. The van der Waals surface area contributed by atoms with Crippen LogP contribution in [0.4, 0.5) is 5.69 Å². The smallest absolute Gasteiger partial charge is 0.328 e. The summed E-state index contributed by atoms with van der Waals surface area (Å²) in [6, 6.07) is 13.7. The first-order chi connectivity index (χ1) is 16.1. The normalized spacial score (nSPS) is 14.4. The Balaban J connectivity index is 0.00000324. The first-order valence-corrected chi connectivity index (χ1v) is 13.0. The summed E-state index contributed by atoms with van der Waals surface area (Å²) in [7, 11) is 0. The first-order valence-electron chi connectivity index (χ1n) is 11.7. The molecule has 184 valence electrons. The number of nitrogens with zero attached hydrogens (tertiary/aromatic N) is 3. The molecule has 0 unspecified atom stereocenters. The van der Waals surface area contributed by atoms with Crippen molar-refractivity contribution in [1.29, 1.82) is 0 Å². The van der Waals surface area contributed by atoms with Crippen molar-refractivity contribution in [2.75, 3.05) is 43.4 Å². The van der Waals surface area contributed by atoms with Crippen molar-refractivity contribution < 1.29 is 0 Å². The highest BCUT2D eigenvalue weighted by molar-refractivity contribution is 7.99. The average Bonchev–Trinajstić information content (AvgIpc) is 2.82. The molecule has 0 saturated carbocycles. The van der Waals surface area contributed by atoms with E-state index < -0.39 is 0 Å². The summed E-state index contributed by atoms with van der Waals surface area (Å²) in [5.74, 6) is 1.15. The molecule has 1 aromatic heterocycles. The Labute approximate surface area is 215 Å². The second kappa shape index (κ2) is 12.7. The van der Waals surface area contributed by atoms with Crippen molar-refractivity contribution in [1.82, 2.24) is 14.5 Å². The molecule has 9 heteroatoms. The third-order valence-corrected chi connectivity index (χ3v) is 7.59. The number of aromatic amines is 1. The predicted octanol–water partition coefficient (Wildman–Crippen LogP) is 4.87. The number of nitrogens with one attached hydrogen (secondary N) is 1. The van der Waals surface area contributed by atoms with Crippen LogP contribution in [0.5, 0.6) is 0 Å². The lowest BCUT2D eigenvalue weighted by Crippen LogP contribution is -2.46. The van der Waals surface area contributed by atoms with Gasteiger partial charge in [-0.1, -0.05) is 30.7 Å². The number of para-hydroxylation sites is 1. The number of piperazine rings is 1. The van der Waals surface area contributed by atoms with E-state index in [1.807, 2.05) is 11.8 Å². The molecule has 1 N–H and O–H groups in total. The van der Waals surface area contributed by atoms with Crippen molar-refractivity contribution in [2.24, 2.45) is 0 Å². The molecular formula is C25H32Cl2N4O2S. The Bertz CT molecular complexity index is 1210. The predicted molar refractivity (Wildman–Crippen MR) is 146 cm³/mol. The number of thioether (sulfide) groups is 1. The molecule has 3 aromatic rings. The molecule has 0 radical (unpaired) electrons. The second-order valence-electron chi connectivity index (χ2n) is 8.43. The fraction of sp³-hybridized carbons (Fsp3) is 0.440. The molecule has 1 saturated heterocycles. The van der Waals surface area contributed by atoms with Crippen LogP contribution in [0.2, 0.25) is 5.02 Å². The fourth-order valence-electron chi connectivity index (χ4n) is 4.30. The van der Waals surface area contributed by atoms with Crippen LogP contribution in [0.25, 0.3) is 10.9 Å². The van der Waals surface area contributed by atoms with Crippen molar-refractivity contribution in [3.8, 4) is 0 Å². The van der Waals surface area contributed by atoms with Gasteiger partial charge in [0.1, 0.15) is 0 Å². The maximum absolute atomic E-state index is 12.7. The van der Waals surface area contributed by atoms with E-state index in [4.69, 9.17) is 11.6 Å². The van der Waals surface area contributed by atoms with E-state index in [1.165, 1.54) is 21.6 Å². The van der Waals surface area contributed by atoms with Crippen LogP contribution in [0.3, 0.4) is 0 Å². The third-order valence-electron chi connectivity index (χ3n) is 6.09. The van der Waals surface area contributed by atoms with Gasteiger partial charge >= 0.3 is 5.69 Å². The Morgan fingerprint density at radius 2 is 1.74 bits per heavy atom. The maximum atomic E-state index is 12.7. The fourth-order valence-corrected chi connectivity index (χ4v) is 5.42. The minimum Gasteiger partial charge on any atom is -0.368 e. The highest BCUT2D eigenvalue weighted by Crippen LogP contribution is 2.31. The molecule has 1 fully saturated rings. The molecule has 4 rings (SSSR count). The summed E-state index contributed by atoms with van der Waals surface area (Å²) in [6.07, 6.45) is 2.92. The lowest BCUT2D eigenvalue weighted by Gasteiger charge is -2.37. The maximum Gasteiger partial charge on any atom is 0.328 e. The van der Waals surface area contributed by atoms with E-state index in [0.29, 0.717) is 22.5 Å². The molecule has 34 heavy (non-hydrogen) atoms. The van der Waals surface area contributed by atoms with Crippen molar-refractivity contribution in [3.63, 3.8) is 0 Å². The molecular weight excluding hydrogens is 491 g/mol. The van der Waals surface area contributed by atoms with Crippen LogP contribution in [-0.2, 0) is 6.54 Å². The van der Waals surface area contributed by atoms with Gasteiger partial charge in [0.15, 0.2) is 0 Å². The van der Waals surface area contributed by atoms with Gasteiger partial charge in [-0.2, -0.15) is 0 Å². The van der Waals surface area contributed by atoms with E-state index in [9.17, 15) is 9.59 Å². The first kappa shape index (κ1) is 26.7. The third kappa shape index (κ3) is 6.39. The average molecular weight is 524 g/mol. The van der Waals surface area contributed by atoms with Crippen LogP contribution in [0, 0.1) is 0 Å². The zero-order valence-electron chi connectivity index (χ0n) is 19.5. The Hall–Kier alpha value is -1.93. The van der Waals surface area contributed by atoms with Crippen LogP contribution in [-0.4, -0.2) is 52.9 Å². The molecule has 2 heterocycles. The molecule has 0 amide bonds. The topological polar surface area (TPSA) is 61.3 Å². The Morgan fingerprint density at radius 1 is 1.00 bits per heavy atom. The highest BCUT2D eigenvalue weighted by Gasteiger charge is 2.19. The van der Waals surface area contributed by atoms with Crippen molar-refractivity contribution >= 4 is 52.4 Å². The van der Waals surface area contributed by atoms with Gasteiger partial charge in [-0.3, -0.25) is 14.3 Å². The monoisotopic (exact) mass is 522 g/mol. The van der Waals surface area contributed by atoms with E-state index in [-0.39, 0.29) is 23.7 Å². The largest absolute Gasteiger partial charge is 0.368 e. The number of aromatic nitrogens is 2. The quantitative estimate of drug-likeness (QED) is 0.320. The summed E-state index contributed by atoms with van der Waals surface area (Å²) < 4.78 is 1.30. The molecule has 0 bridgehead atoms. The molecule has 1 aliphatic rings. The van der Waals surface area contributed by atoms with Crippen molar-refractivity contribution in [3.05, 3.63) is 68.3 Å². The minimum absolute atomic E-state index is 0. The second-order valence-corrected chi connectivity index (χ2v) is 10.0. The van der Waals surface area contributed by atoms with Crippen LogP contribution >= 0.6 is 35.8 Å². The number of halogens is 2. The number of hydrogen-bond donors (Lipinski definition) is 1. The zero-order valence-corrected chi connectivity index (χ0v) is 21.9. The number of H-pyrrole nitrogens is 1. The summed E-state index contributed by atoms with van der Waals surface area (Å²) in [5, 5.41) is 0.992. The number of rotatable bonds is 9. The zero-order chi connectivity index (χ0) is 23.2. The lowest BCUT2D eigenvalue weighted by atomic mass is 10.2. The van der Waals surface area contributed by atoms with Gasteiger partial charge in [0, 0.05) is 42.6 Å². The van der Waals surface area contributed by atoms with Crippen LogP contribution in [0.15, 0.2) is 56.9 Å². The van der Waals surface area contributed by atoms with Gasteiger partial charge in [-0.15, -0.1) is 24.2 Å². The molecule has 0 spiro atoms. The van der Waals surface area contributed by atoms with Crippen LogP contribution in [0.1, 0.15) is 26.2 Å². The van der Waals surface area contributed by atoms with Gasteiger partial charge < -0.3 is 9.88 Å². The number of anilines is 1. The number of fused-ring (bicyclic) bond motifs is 1. The van der Waals surface area contributed by atoms with Gasteiger partial charge in [0.2, 0.25) is 0 Å². The van der Waals surface area contributed by atoms with Crippen LogP contribution < -0.4 is 16.1 Å². The summed E-state index contributed by atoms with van der Waals surface area (Å²) >= 11 is 7.91. The minimum atomic E-state index is -0.372. The van der Waals surface area contributed by atoms with E-state index in [1.54, 1.807) is 18.2 Å². The lowest BCUT2D eigenvalue weighted by molar-refractivity contribution is 0.250. The van der Waals surface area contributed by atoms with E-state index in [2.05, 4.69) is 46.0 Å². The highest BCUT2D eigenvalue weighted by atomic mass is 35.5. The number of benzene rings is 2. The Kier molecular flexibility index (Phi) is 9.95. The molecule has 1 aliphatic heterocycles. The molecule has 6 nitrogen and oxygen atoms in total. The SMILES string of the molecule is CCCSc1ccccc1N1CCN(CCCCn2c(=O)[nH]c3cc(Cl)ccc3c2=O)CC1.Cl.